The second-order valence-corrected chi connectivity index (χ2v) is 2.41. The minimum absolute atomic E-state index is 0.405. The summed E-state index contributed by atoms with van der Waals surface area (Å²) in [5.74, 6) is 0. The van der Waals surface area contributed by atoms with Crippen molar-refractivity contribution in [2.45, 2.75) is 25.3 Å². The Balaban J connectivity index is 3.58. The fourth-order valence-corrected chi connectivity index (χ4v) is 0.417. The van der Waals surface area contributed by atoms with Gasteiger partial charge in [-0.15, -0.1) is 0 Å². The van der Waals surface area contributed by atoms with Crippen molar-refractivity contribution in [3.8, 4) is 0 Å². The van der Waals surface area contributed by atoms with Gasteiger partial charge in [-0.3, -0.25) is 0 Å². The first kappa shape index (κ1) is 8.78. The number of hydrogen-bond donors (Lipinski definition) is 2. The van der Waals surface area contributed by atoms with Gasteiger partial charge in [-0.1, -0.05) is 0 Å². The highest BCUT2D eigenvalue weighted by atomic mass is 19.3. The van der Waals surface area contributed by atoms with E-state index in [2.05, 4.69) is 0 Å². The van der Waals surface area contributed by atoms with Crippen LogP contribution in [0.3, 0.4) is 0 Å². The Hall–Kier alpha value is -0.220. The highest BCUT2D eigenvalue weighted by Gasteiger charge is 2.21. The van der Waals surface area contributed by atoms with Crippen molar-refractivity contribution in [2.24, 2.45) is 5.73 Å². The first-order valence-corrected chi connectivity index (χ1v) is 2.66. The molecule has 0 aliphatic rings. The lowest BCUT2D eigenvalue weighted by molar-refractivity contribution is 0.0845. The predicted molar refractivity (Wildman–Crippen MR) is 30.3 cm³/mol. The van der Waals surface area contributed by atoms with E-state index in [1.165, 1.54) is 6.92 Å². The van der Waals surface area contributed by atoms with Crippen LogP contribution in [0.5, 0.6) is 0 Å². The van der Waals surface area contributed by atoms with Gasteiger partial charge in [-0.2, -0.15) is 0 Å². The number of aliphatic hydroxyl groups is 1. The topological polar surface area (TPSA) is 46.2 Å². The Kier molecular flexibility index (Phi) is 3.00. The Labute approximate surface area is 52.7 Å². The van der Waals surface area contributed by atoms with Crippen LogP contribution in [0.15, 0.2) is 0 Å². The van der Waals surface area contributed by atoms with Gasteiger partial charge in [0.15, 0.2) is 0 Å². The zero-order valence-electron chi connectivity index (χ0n) is 5.27. The number of nitrogens with two attached hydrogens (primary N) is 1. The van der Waals surface area contributed by atoms with Crippen LogP contribution in [0.1, 0.15) is 13.3 Å². The molecule has 0 aliphatic carbocycles. The van der Waals surface area contributed by atoms with Crippen LogP contribution < -0.4 is 5.73 Å². The summed E-state index contributed by atoms with van der Waals surface area (Å²) in [6, 6.07) is 0. The minimum atomic E-state index is -2.44. The summed E-state index contributed by atoms with van der Waals surface area (Å²) >= 11 is 0. The average Bonchev–Trinajstić information content (AvgIpc) is 1.63. The molecule has 1 atom stereocenters. The van der Waals surface area contributed by atoms with Crippen LogP contribution in [0.2, 0.25) is 0 Å². The zero-order valence-corrected chi connectivity index (χ0v) is 5.27. The maximum absolute atomic E-state index is 11.5. The molecule has 0 amide bonds. The molecule has 0 bridgehead atoms. The number of aliphatic hydroxyl groups excluding tert-OH is 1. The molecule has 9 heavy (non-hydrogen) atoms. The van der Waals surface area contributed by atoms with Crippen LogP contribution in [0.25, 0.3) is 0 Å². The van der Waals surface area contributed by atoms with Gasteiger partial charge in [0.2, 0.25) is 6.43 Å². The predicted octanol–water partition coefficient (Wildman–Crippen LogP) is 0.351. The molecule has 0 aliphatic heterocycles. The average molecular weight is 139 g/mol. The van der Waals surface area contributed by atoms with Crippen molar-refractivity contribution in [2.75, 3.05) is 6.61 Å². The van der Waals surface area contributed by atoms with E-state index in [-0.39, 0.29) is 0 Å². The number of rotatable bonds is 3. The van der Waals surface area contributed by atoms with Gasteiger partial charge >= 0.3 is 0 Å². The lowest BCUT2D eigenvalue weighted by Gasteiger charge is -2.20. The fraction of sp³-hybridized carbons (Fsp3) is 1.00. The van der Waals surface area contributed by atoms with Crippen LogP contribution in [0.4, 0.5) is 8.78 Å². The molecule has 0 aromatic carbocycles. The molecule has 0 fully saturated rings. The molecule has 0 saturated heterocycles. The quantitative estimate of drug-likeness (QED) is 0.592. The van der Waals surface area contributed by atoms with E-state index >= 15 is 0 Å². The van der Waals surface area contributed by atoms with Crippen molar-refractivity contribution < 1.29 is 13.9 Å². The minimum Gasteiger partial charge on any atom is -0.394 e. The first-order chi connectivity index (χ1) is 3.98. The van der Waals surface area contributed by atoms with Crippen LogP contribution in [-0.4, -0.2) is 23.7 Å². The molecule has 2 nitrogen and oxygen atoms in total. The van der Waals surface area contributed by atoms with Gasteiger partial charge in [-0.25, -0.2) is 8.78 Å². The molecule has 1 unspecified atom stereocenters. The van der Waals surface area contributed by atoms with E-state index in [4.69, 9.17) is 10.8 Å². The van der Waals surface area contributed by atoms with Crippen LogP contribution >= 0.6 is 0 Å². The number of hydrogen-bond acceptors (Lipinski definition) is 2. The lowest BCUT2D eigenvalue weighted by Crippen LogP contribution is -2.41. The van der Waals surface area contributed by atoms with Crippen molar-refractivity contribution in [3.05, 3.63) is 0 Å². The molecule has 0 saturated carbocycles. The molecule has 0 spiro atoms. The summed E-state index contributed by atoms with van der Waals surface area (Å²) in [5, 5.41) is 8.38. The van der Waals surface area contributed by atoms with E-state index in [9.17, 15) is 8.78 Å². The van der Waals surface area contributed by atoms with E-state index in [0.717, 1.165) is 0 Å². The summed E-state index contributed by atoms with van der Waals surface area (Å²) in [5.41, 5.74) is 4.06. The Bertz CT molecular complexity index is 85.0. The maximum Gasteiger partial charge on any atom is 0.240 e. The van der Waals surface area contributed by atoms with E-state index in [1.54, 1.807) is 0 Å². The molecular formula is C5H11F2NO. The van der Waals surface area contributed by atoms with Gasteiger partial charge in [0, 0.05) is 12.0 Å². The largest absolute Gasteiger partial charge is 0.394 e. The molecular weight excluding hydrogens is 128 g/mol. The van der Waals surface area contributed by atoms with Crippen molar-refractivity contribution in [1.29, 1.82) is 0 Å². The first-order valence-electron chi connectivity index (χ1n) is 2.66. The van der Waals surface area contributed by atoms with E-state index in [0.29, 0.717) is 0 Å². The van der Waals surface area contributed by atoms with Crippen molar-refractivity contribution in [3.63, 3.8) is 0 Å². The summed E-state index contributed by atoms with van der Waals surface area (Å²) in [4.78, 5) is 0. The summed E-state index contributed by atoms with van der Waals surface area (Å²) in [6.45, 7) is 0.983. The third kappa shape index (κ3) is 4.29. The van der Waals surface area contributed by atoms with Gasteiger partial charge in [0.1, 0.15) is 0 Å². The molecule has 3 N–H and O–H groups in total. The van der Waals surface area contributed by atoms with Crippen molar-refractivity contribution >= 4 is 0 Å². The van der Waals surface area contributed by atoms with Crippen LogP contribution in [0, 0.1) is 0 Å². The summed E-state index contributed by atoms with van der Waals surface area (Å²) in [6.07, 6.45) is -2.89. The zero-order chi connectivity index (χ0) is 7.49. The van der Waals surface area contributed by atoms with Gasteiger partial charge in [0.25, 0.3) is 0 Å². The summed E-state index contributed by atoms with van der Waals surface area (Å²) < 4.78 is 23.1. The molecule has 0 heterocycles. The molecule has 56 valence electrons. The third-order valence-corrected chi connectivity index (χ3v) is 0.982. The van der Waals surface area contributed by atoms with E-state index < -0.39 is 25.0 Å². The fourth-order valence-electron chi connectivity index (χ4n) is 0.417. The molecule has 0 aromatic heterocycles. The normalized spacial score (nSPS) is 18.0. The summed E-state index contributed by atoms with van der Waals surface area (Å²) in [7, 11) is 0. The highest BCUT2D eigenvalue weighted by molar-refractivity contribution is 4.77. The van der Waals surface area contributed by atoms with Gasteiger partial charge in [-0.05, 0) is 6.92 Å². The van der Waals surface area contributed by atoms with E-state index in [1.807, 2.05) is 0 Å². The Morgan fingerprint density at radius 3 is 2.22 bits per heavy atom. The molecule has 4 heteroatoms. The van der Waals surface area contributed by atoms with Crippen molar-refractivity contribution in [1.82, 2.24) is 0 Å². The molecule has 0 rings (SSSR count). The second kappa shape index (κ2) is 3.08. The van der Waals surface area contributed by atoms with Gasteiger partial charge < -0.3 is 10.8 Å². The monoisotopic (exact) mass is 139 g/mol. The third-order valence-electron chi connectivity index (χ3n) is 0.982. The smallest absolute Gasteiger partial charge is 0.240 e. The van der Waals surface area contributed by atoms with Gasteiger partial charge in [0.05, 0.1) is 6.61 Å². The molecule has 0 aromatic rings. The second-order valence-electron chi connectivity index (χ2n) is 2.41. The number of halogens is 2. The highest BCUT2D eigenvalue weighted by Crippen LogP contribution is 2.10. The maximum atomic E-state index is 11.5. The standard InChI is InChI=1S/C5H11F2NO/c1-5(8,3-9)2-4(6)7/h4,9H,2-3,8H2,1H3. The molecule has 0 radical (unpaired) electrons. The number of alkyl halides is 2. The van der Waals surface area contributed by atoms with Crippen LogP contribution in [-0.2, 0) is 0 Å². The lowest BCUT2D eigenvalue weighted by atomic mass is 10.0. The SMILES string of the molecule is CC(N)(CO)CC(F)F. The Morgan fingerprint density at radius 1 is 1.67 bits per heavy atom. The Morgan fingerprint density at radius 2 is 2.11 bits per heavy atom.